The molecule has 17 heavy (non-hydrogen) atoms. The molecule has 94 valence electrons. The third kappa shape index (κ3) is 2.88. The summed E-state index contributed by atoms with van der Waals surface area (Å²) in [6.45, 7) is 0.328. The number of anilines is 1. The third-order valence-electron chi connectivity index (χ3n) is 2.58. The smallest absolute Gasteiger partial charge is 0.243 e. The Morgan fingerprint density at radius 2 is 2.12 bits per heavy atom. The maximum atomic E-state index is 13.6. The first-order valence-electron chi connectivity index (χ1n) is 5.14. The van der Waals surface area contributed by atoms with Gasteiger partial charge in [0.2, 0.25) is 10.0 Å². The molecular formula is C10H12ClFN2O2S. The molecule has 1 aromatic rings. The van der Waals surface area contributed by atoms with Gasteiger partial charge in [-0.3, -0.25) is 0 Å². The van der Waals surface area contributed by atoms with Crippen LogP contribution in [0.1, 0.15) is 12.8 Å². The molecule has 2 rings (SSSR count). The average Bonchev–Trinajstić information content (AvgIpc) is 3.04. The van der Waals surface area contributed by atoms with Crippen LogP contribution in [0.2, 0.25) is 5.02 Å². The third-order valence-corrected chi connectivity index (χ3v) is 4.22. The van der Waals surface area contributed by atoms with E-state index < -0.39 is 20.7 Å². The van der Waals surface area contributed by atoms with E-state index in [1.807, 2.05) is 0 Å². The lowest BCUT2D eigenvalue weighted by molar-refractivity contribution is 0.556. The highest BCUT2D eigenvalue weighted by molar-refractivity contribution is 7.89. The molecule has 0 heterocycles. The zero-order valence-corrected chi connectivity index (χ0v) is 10.5. The van der Waals surface area contributed by atoms with Crippen molar-refractivity contribution in [2.75, 3.05) is 12.3 Å². The summed E-state index contributed by atoms with van der Waals surface area (Å²) in [4.78, 5) is -0.497. The van der Waals surface area contributed by atoms with Crippen LogP contribution in [0.25, 0.3) is 0 Å². The van der Waals surface area contributed by atoms with E-state index in [2.05, 4.69) is 4.72 Å². The zero-order chi connectivity index (χ0) is 12.6. The zero-order valence-electron chi connectivity index (χ0n) is 8.91. The van der Waals surface area contributed by atoms with E-state index in [1.54, 1.807) is 0 Å². The van der Waals surface area contributed by atoms with Crippen molar-refractivity contribution in [2.45, 2.75) is 17.7 Å². The molecule has 0 saturated heterocycles. The van der Waals surface area contributed by atoms with Crippen molar-refractivity contribution in [1.82, 2.24) is 4.72 Å². The summed E-state index contributed by atoms with van der Waals surface area (Å²) in [5.74, 6) is -0.595. The molecule has 1 fully saturated rings. The van der Waals surface area contributed by atoms with E-state index in [1.165, 1.54) is 6.07 Å². The van der Waals surface area contributed by atoms with Gasteiger partial charge in [-0.15, -0.1) is 0 Å². The summed E-state index contributed by atoms with van der Waals surface area (Å²) in [6.07, 6.45) is 2.01. The largest absolute Gasteiger partial charge is 0.396 e. The Labute approximate surface area is 104 Å². The molecule has 0 aromatic heterocycles. The summed E-state index contributed by atoms with van der Waals surface area (Å²) in [7, 11) is -3.88. The van der Waals surface area contributed by atoms with Crippen LogP contribution in [0, 0.1) is 11.7 Å². The van der Waals surface area contributed by atoms with E-state index in [0.717, 1.165) is 18.9 Å². The molecule has 0 unspecified atom stereocenters. The molecule has 0 radical (unpaired) electrons. The quantitative estimate of drug-likeness (QED) is 0.824. The number of benzene rings is 1. The fourth-order valence-electron chi connectivity index (χ4n) is 1.41. The van der Waals surface area contributed by atoms with Gasteiger partial charge in [-0.05, 0) is 30.9 Å². The minimum Gasteiger partial charge on any atom is -0.396 e. The fraction of sp³-hybridized carbons (Fsp3) is 0.400. The van der Waals surface area contributed by atoms with E-state index in [9.17, 15) is 12.8 Å². The van der Waals surface area contributed by atoms with Crippen LogP contribution in [-0.2, 0) is 10.0 Å². The Balaban J connectivity index is 2.30. The van der Waals surface area contributed by atoms with Crippen LogP contribution in [0.5, 0.6) is 0 Å². The number of nitrogen functional groups attached to an aromatic ring is 1. The Hall–Kier alpha value is -0.850. The van der Waals surface area contributed by atoms with Gasteiger partial charge in [-0.2, -0.15) is 0 Å². The van der Waals surface area contributed by atoms with Crippen molar-refractivity contribution in [2.24, 2.45) is 5.92 Å². The van der Waals surface area contributed by atoms with Gasteiger partial charge < -0.3 is 5.73 Å². The molecule has 0 bridgehead atoms. The van der Waals surface area contributed by atoms with Crippen LogP contribution in [0.15, 0.2) is 17.0 Å². The number of nitrogens with one attached hydrogen (secondary N) is 1. The molecule has 0 aliphatic heterocycles. The Morgan fingerprint density at radius 3 is 2.71 bits per heavy atom. The first-order chi connectivity index (χ1) is 7.90. The minimum atomic E-state index is -3.88. The van der Waals surface area contributed by atoms with Crippen LogP contribution in [0.4, 0.5) is 10.1 Å². The molecule has 0 spiro atoms. The summed E-state index contributed by atoms with van der Waals surface area (Å²) in [6, 6.07) is 2.24. The molecule has 1 aliphatic rings. The highest BCUT2D eigenvalue weighted by atomic mass is 35.5. The van der Waals surface area contributed by atoms with Crippen LogP contribution in [-0.4, -0.2) is 15.0 Å². The second-order valence-electron chi connectivity index (χ2n) is 4.10. The summed E-state index contributed by atoms with van der Waals surface area (Å²) >= 11 is 5.66. The Morgan fingerprint density at radius 1 is 1.47 bits per heavy atom. The molecule has 0 amide bonds. The van der Waals surface area contributed by atoms with E-state index in [0.29, 0.717) is 12.5 Å². The van der Waals surface area contributed by atoms with E-state index in [4.69, 9.17) is 17.3 Å². The van der Waals surface area contributed by atoms with Gasteiger partial charge in [0.15, 0.2) is 5.82 Å². The minimum absolute atomic E-state index is 0.0932. The molecule has 7 heteroatoms. The molecule has 1 saturated carbocycles. The molecule has 1 aromatic carbocycles. The molecule has 1 aliphatic carbocycles. The topological polar surface area (TPSA) is 72.2 Å². The van der Waals surface area contributed by atoms with Crippen molar-refractivity contribution in [3.8, 4) is 0 Å². The maximum Gasteiger partial charge on any atom is 0.243 e. The monoisotopic (exact) mass is 278 g/mol. The van der Waals surface area contributed by atoms with Crippen molar-refractivity contribution in [1.29, 1.82) is 0 Å². The maximum absolute atomic E-state index is 13.6. The lowest BCUT2D eigenvalue weighted by Crippen LogP contribution is -2.27. The average molecular weight is 279 g/mol. The normalized spacial score (nSPS) is 16.1. The van der Waals surface area contributed by atoms with Crippen molar-refractivity contribution in [3.63, 3.8) is 0 Å². The van der Waals surface area contributed by atoms with Gasteiger partial charge in [-0.25, -0.2) is 17.5 Å². The van der Waals surface area contributed by atoms with Gasteiger partial charge in [0.25, 0.3) is 0 Å². The number of sulfonamides is 1. The van der Waals surface area contributed by atoms with Gasteiger partial charge in [0.1, 0.15) is 4.90 Å². The predicted molar refractivity (Wildman–Crippen MR) is 63.7 cm³/mol. The van der Waals surface area contributed by atoms with Crippen LogP contribution in [0.3, 0.4) is 0 Å². The lowest BCUT2D eigenvalue weighted by Gasteiger charge is -2.09. The Bertz CT molecular complexity index is 543. The highest BCUT2D eigenvalue weighted by Gasteiger charge is 2.26. The number of rotatable bonds is 4. The number of halogens is 2. The summed E-state index contributed by atoms with van der Waals surface area (Å²) in [5, 5.41) is 0.0932. The van der Waals surface area contributed by atoms with Crippen LogP contribution < -0.4 is 10.5 Å². The number of hydrogen-bond donors (Lipinski definition) is 2. The summed E-state index contributed by atoms with van der Waals surface area (Å²) in [5.41, 5.74) is 5.06. The van der Waals surface area contributed by atoms with Gasteiger partial charge in [0.05, 0.1) is 5.69 Å². The Kier molecular flexibility index (Phi) is 3.29. The van der Waals surface area contributed by atoms with Gasteiger partial charge in [-0.1, -0.05) is 11.6 Å². The number of hydrogen-bond acceptors (Lipinski definition) is 3. The molecular weight excluding hydrogens is 267 g/mol. The van der Waals surface area contributed by atoms with Crippen LogP contribution >= 0.6 is 11.6 Å². The SMILES string of the molecule is Nc1cc(Cl)cc(S(=O)(=O)NCC2CC2)c1F. The van der Waals surface area contributed by atoms with Crippen molar-refractivity contribution in [3.05, 3.63) is 23.0 Å². The first-order valence-corrected chi connectivity index (χ1v) is 7.00. The van der Waals surface area contributed by atoms with Crippen molar-refractivity contribution >= 4 is 27.3 Å². The number of nitrogens with two attached hydrogens (primary N) is 1. The molecule has 3 N–H and O–H groups in total. The van der Waals surface area contributed by atoms with Gasteiger partial charge in [0, 0.05) is 11.6 Å². The van der Waals surface area contributed by atoms with E-state index >= 15 is 0 Å². The van der Waals surface area contributed by atoms with Gasteiger partial charge >= 0.3 is 0 Å². The molecule has 4 nitrogen and oxygen atoms in total. The highest BCUT2D eigenvalue weighted by Crippen LogP contribution is 2.29. The predicted octanol–water partition coefficient (Wildman–Crippen LogP) is 1.75. The standard InChI is InChI=1S/C10H12ClFN2O2S/c11-7-3-8(13)10(12)9(4-7)17(15,16)14-5-6-1-2-6/h3-4,6,14H,1-2,5,13H2. The second kappa shape index (κ2) is 4.44. The lowest BCUT2D eigenvalue weighted by atomic mass is 10.3. The fourth-order valence-corrected chi connectivity index (χ4v) is 2.95. The van der Waals surface area contributed by atoms with E-state index in [-0.39, 0.29) is 10.7 Å². The molecule has 0 atom stereocenters. The summed E-state index contributed by atoms with van der Waals surface area (Å²) < 4.78 is 39.6. The first kappa shape index (κ1) is 12.6. The second-order valence-corrected chi connectivity index (χ2v) is 6.27. The van der Waals surface area contributed by atoms with Crippen molar-refractivity contribution < 1.29 is 12.8 Å².